The number of hydrogen-bond acceptors (Lipinski definition) is 7. The molecular formula is C14H16N6O3. The lowest BCUT2D eigenvalue weighted by molar-refractivity contribution is -0.137. The zero-order chi connectivity index (χ0) is 16.5. The molecule has 1 aromatic carbocycles. The number of carboxylic acids is 1. The molecule has 1 aromatic heterocycles. The first-order chi connectivity index (χ1) is 11.1. The second-order valence-corrected chi connectivity index (χ2v) is 4.72. The maximum atomic E-state index is 11.6. The van der Waals surface area contributed by atoms with E-state index in [-0.39, 0.29) is 18.7 Å². The second-order valence-electron chi connectivity index (χ2n) is 4.72. The van der Waals surface area contributed by atoms with Crippen molar-refractivity contribution in [3.8, 4) is 0 Å². The van der Waals surface area contributed by atoms with Gasteiger partial charge in [-0.3, -0.25) is 9.59 Å². The molecule has 0 aliphatic heterocycles. The highest BCUT2D eigenvalue weighted by Crippen LogP contribution is 2.11. The molecule has 120 valence electrons. The third-order valence-electron chi connectivity index (χ3n) is 2.89. The van der Waals surface area contributed by atoms with E-state index < -0.39 is 5.97 Å². The molecule has 23 heavy (non-hydrogen) atoms. The van der Waals surface area contributed by atoms with Crippen molar-refractivity contribution in [2.75, 3.05) is 10.6 Å². The van der Waals surface area contributed by atoms with Gasteiger partial charge in [0.05, 0.1) is 0 Å². The molecule has 0 radical (unpaired) electrons. The molecule has 1 heterocycles. The predicted octanol–water partition coefficient (Wildman–Crippen LogP) is 1.07. The van der Waals surface area contributed by atoms with Crippen molar-refractivity contribution < 1.29 is 14.7 Å². The average Bonchev–Trinajstić information content (AvgIpc) is 2.55. The summed E-state index contributed by atoms with van der Waals surface area (Å²) in [5.74, 6) is -0.766. The van der Waals surface area contributed by atoms with Crippen molar-refractivity contribution in [3.63, 3.8) is 0 Å². The first-order valence-electron chi connectivity index (χ1n) is 6.98. The van der Waals surface area contributed by atoms with E-state index in [0.29, 0.717) is 24.6 Å². The minimum Gasteiger partial charge on any atom is -0.481 e. The molecule has 2 aromatic rings. The van der Waals surface area contributed by atoms with E-state index in [1.807, 2.05) is 12.1 Å². The molecule has 9 heteroatoms. The van der Waals surface area contributed by atoms with Gasteiger partial charge in [0.25, 0.3) is 5.95 Å². The van der Waals surface area contributed by atoms with Gasteiger partial charge in [0.15, 0.2) is 6.33 Å². The summed E-state index contributed by atoms with van der Waals surface area (Å²) in [7, 11) is 0. The molecule has 0 aliphatic carbocycles. The predicted molar refractivity (Wildman–Crippen MR) is 81.5 cm³/mol. The van der Waals surface area contributed by atoms with Gasteiger partial charge in [-0.25, -0.2) is 0 Å². The topological polar surface area (TPSA) is 130 Å². The average molecular weight is 316 g/mol. The lowest BCUT2D eigenvalue weighted by atomic mass is 10.2. The van der Waals surface area contributed by atoms with Crippen molar-refractivity contribution in [2.24, 2.45) is 0 Å². The number of aliphatic carboxylic acids is 1. The fourth-order valence-corrected chi connectivity index (χ4v) is 1.79. The third-order valence-corrected chi connectivity index (χ3v) is 2.89. The Bertz CT molecular complexity index is 647. The van der Waals surface area contributed by atoms with Gasteiger partial charge in [0.2, 0.25) is 5.91 Å². The summed E-state index contributed by atoms with van der Waals surface area (Å²) < 4.78 is 0. The first-order valence-corrected chi connectivity index (χ1v) is 6.98. The molecule has 0 saturated carbocycles. The number of carbonyl (C=O) groups is 2. The van der Waals surface area contributed by atoms with Gasteiger partial charge in [-0.15, -0.1) is 20.4 Å². The number of anilines is 2. The zero-order valence-corrected chi connectivity index (χ0v) is 12.3. The molecule has 9 nitrogen and oxygen atoms in total. The quantitative estimate of drug-likeness (QED) is 0.659. The van der Waals surface area contributed by atoms with Crippen LogP contribution in [0.25, 0.3) is 0 Å². The van der Waals surface area contributed by atoms with E-state index in [0.717, 1.165) is 5.56 Å². The van der Waals surface area contributed by atoms with E-state index in [1.54, 1.807) is 12.1 Å². The van der Waals surface area contributed by atoms with Crippen LogP contribution >= 0.6 is 0 Å². The Morgan fingerprint density at radius 1 is 1.04 bits per heavy atom. The Balaban J connectivity index is 1.77. The van der Waals surface area contributed by atoms with Crippen LogP contribution < -0.4 is 10.6 Å². The van der Waals surface area contributed by atoms with Crippen molar-refractivity contribution in [3.05, 3.63) is 36.2 Å². The van der Waals surface area contributed by atoms with Crippen LogP contribution in [0.1, 0.15) is 24.8 Å². The number of hydrogen-bond donors (Lipinski definition) is 3. The highest BCUT2D eigenvalue weighted by molar-refractivity contribution is 5.90. The Labute approximate surface area is 132 Å². The Kier molecular flexibility index (Phi) is 5.92. The minimum atomic E-state index is -0.901. The van der Waals surface area contributed by atoms with Gasteiger partial charge < -0.3 is 15.7 Å². The maximum Gasteiger partial charge on any atom is 0.303 e. The molecule has 0 spiro atoms. The Morgan fingerprint density at radius 2 is 1.74 bits per heavy atom. The van der Waals surface area contributed by atoms with Crippen molar-refractivity contribution in [1.82, 2.24) is 20.4 Å². The van der Waals surface area contributed by atoms with Crippen LogP contribution in [-0.4, -0.2) is 37.4 Å². The lowest BCUT2D eigenvalue weighted by Crippen LogP contribution is -2.12. The second kappa shape index (κ2) is 8.37. The summed E-state index contributed by atoms with van der Waals surface area (Å²) in [5, 5.41) is 28.9. The summed E-state index contributed by atoms with van der Waals surface area (Å²) in [6, 6.07) is 7.25. The normalized spacial score (nSPS) is 10.1. The van der Waals surface area contributed by atoms with Gasteiger partial charge in [-0.2, -0.15) is 0 Å². The molecule has 0 bridgehead atoms. The van der Waals surface area contributed by atoms with E-state index in [2.05, 4.69) is 31.0 Å². The van der Waals surface area contributed by atoms with E-state index >= 15 is 0 Å². The zero-order valence-electron chi connectivity index (χ0n) is 12.3. The molecule has 1 amide bonds. The molecule has 3 N–H and O–H groups in total. The summed E-state index contributed by atoms with van der Waals surface area (Å²) >= 11 is 0. The highest BCUT2D eigenvalue weighted by atomic mass is 16.4. The number of carbonyl (C=O) groups excluding carboxylic acids is 1. The fourth-order valence-electron chi connectivity index (χ4n) is 1.79. The number of rotatable bonds is 8. The van der Waals surface area contributed by atoms with Gasteiger partial charge in [0.1, 0.15) is 0 Å². The monoisotopic (exact) mass is 316 g/mol. The Hall–Kier alpha value is -3.10. The number of amides is 1. The maximum absolute atomic E-state index is 11.6. The van der Waals surface area contributed by atoms with Gasteiger partial charge >= 0.3 is 5.97 Å². The standard InChI is InChI=1S/C14H16N6O3/c21-12(2-1-3-13(22)23)18-11-6-4-10(5-7-11)8-15-14-19-16-9-17-20-14/h4-7,9H,1-3,8H2,(H,18,21)(H,22,23)(H,15,19,20). The molecule has 0 fully saturated rings. The van der Waals surface area contributed by atoms with Crippen LogP contribution in [0.4, 0.5) is 11.6 Å². The fraction of sp³-hybridized carbons (Fsp3) is 0.286. The number of nitrogens with zero attached hydrogens (tertiary/aromatic N) is 4. The highest BCUT2D eigenvalue weighted by Gasteiger charge is 2.05. The third kappa shape index (κ3) is 6.04. The number of nitrogens with one attached hydrogen (secondary N) is 2. The largest absolute Gasteiger partial charge is 0.481 e. The molecule has 0 atom stereocenters. The van der Waals surface area contributed by atoms with E-state index in [4.69, 9.17) is 5.11 Å². The van der Waals surface area contributed by atoms with Crippen LogP contribution in [0.2, 0.25) is 0 Å². The molecular weight excluding hydrogens is 300 g/mol. The van der Waals surface area contributed by atoms with Crippen LogP contribution in [0.5, 0.6) is 0 Å². The summed E-state index contributed by atoms with van der Waals surface area (Å²) in [6.07, 6.45) is 1.74. The first kappa shape index (κ1) is 16.3. The van der Waals surface area contributed by atoms with E-state index in [9.17, 15) is 9.59 Å². The number of carboxylic acid groups (broad SMARTS) is 1. The molecule has 0 aliphatic rings. The van der Waals surface area contributed by atoms with Crippen molar-refractivity contribution >= 4 is 23.5 Å². The minimum absolute atomic E-state index is 0.0106. The number of benzene rings is 1. The summed E-state index contributed by atoms with van der Waals surface area (Å²) in [6.45, 7) is 0.500. The number of aromatic nitrogens is 4. The van der Waals surface area contributed by atoms with Gasteiger partial charge in [0, 0.05) is 25.1 Å². The van der Waals surface area contributed by atoms with Crippen molar-refractivity contribution in [1.29, 1.82) is 0 Å². The van der Waals surface area contributed by atoms with Gasteiger partial charge in [-0.05, 0) is 24.1 Å². The molecule has 0 unspecified atom stereocenters. The summed E-state index contributed by atoms with van der Waals surface area (Å²) in [5.41, 5.74) is 1.63. The molecule has 2 rings (SSSR count). The Morgan fingerprint density at radius 3 is 2.39 bits per heavy atom. The van der Waals surface area contributed by atoms with Gasteiger partial charge in [-0.1, -0.05) is 12.1 Å². The lowest BCUT2D eigenvalue weighted by Gasteiger charge is -2.07. The van der Waals surface area contributed by atoms with E-state index in [1.165, 1.54) is 6.33 Å². The van der Waals surface area contributed by atoms with Crippen molar-refractivity contribution in [2.45, 2.75) is 25.8 Å². The van der Waals surface area contributed by atoms with Crippen LogP contribution in [0.3, 0.4) is 0 Å². The SMILES string of the molecule is O=C(O)CCCC(=O)Nc1ccc(CNc2nncnn2)cc1. The smallest absolute Gasteiger partial charge is 0.303 e. The van der Waals surface area contributed by atoms with Crippen LogP contribution in [0.15, 0.2) is 30.6 Å². The summed E-state index contributed by atoms with van der Waals surface area (Å²) in [4.78, 5) is 22.0. The molecule has 0 saturated heterocycles. The van der Waals surface area contributed by atoms with Crippen LogP contribution in [-0.2, 0) is 16.1 Å². The van der Waals surface area contributed by atoms with Crippen LogP contribution in [0, 0.1) is 0 Å².